The van der Waals surface area contributed by atoms with Crippen LogP contribution in [0.15, 0.2) is 0 Å². The highest BCUT2D eigenvalue weighted by atomic mass is 16.4. The molecule has 0 atom stereocenters. The first-order valence-electron chi connectivity index (χ1n) is 5.63. The molecule has 0 fully saturated rings. The van der Waals surface area contributed by atoms with Crippen molar-refractivity contribution in [1.82, 2.24) is 0 Å². The van der Waals surface area contributed by atoms with Crippen molar-refractivity contribution in [3.8, 4) is 0 Å². The number of amides is 1. The van der Waals surface area contributed by atoms with E-state index in [9.17, 15) is 9.59 Å². The molecule has 0 saturated heterocycles. The summed E-state index contributed by atoms with van der Waals surface area (Å²) in [5, 5.41) is 8.86. The van der Waals surface area contributed by atoms with Gasteiger partial charge in [0.15, 0.2) is 0 Å². The fourth-order valence-electron chi connectivity index (χ4n) is 0.855. The van der Waals surface area contributed by atoms with Crippen LogP contribution in [0.5, 0.6) is 0 Å². The lowest BCUT2D eigenvalue weighted by molar-refractivity contribution is -0.148. The second kappa shape index (κ2) is 6.51. The molecule has 0 aromatic rings. The van der Waals surface area contributed by atoms with Gasteiger partial charge in [0.05, 0.1) is 5.41 Å². The maximum Gasteiger partial charge on any atom is 0.309 e. The molecule has 0 aliphatic carbocycles. The summed E-state index contributed by atoms with van der Waals surface area (Å²) in [5.41, 5.74) is 3.76. The molecule has 1 amide bonds. The van der Waals surface area contributed by atoms with Crippen LogP contribution in [0.4, 0.5) is 0 Å². The normalized spacial score (nSPS) is 11.4. The third-order valence-electron chi connectivity index (χ3n) is 2.62. The summed E-state index contributed by atoms with van der Waals surface area (Å²) in [5.74, 6) is -1.24. The Morgan fingerprint density at radius 1 is 1.00 bits per heavy atom. The van der Waals surface area contributed by atoms with Crippen LogP contribution in [0.25, 0.3) is 0 Å². The van der Waals surface area contributed by atoms with Crippen molar-refractivity contribution >= 4 is 11.9 Å². The molecule has 0 aromatic carbocycles. The first-order chi connectivity index (χ1) is 7.09. The van der Waals surface area contributed by atoms with E-state index in [1.165, 1.54) is 0 Å². The van der Waals surface area contributed by atoms with Gasteiger partial charge >= 0.3 is 5.97 Å². The number of primary amides is 1. The maximum atomic E-state index is 11.0. The lowest BCUT2D eigenvalue weighted by Gasteiger charge is -2.25. The lowest BCUT2D eigenvalue weighted by Crippen LogP contribution is -2.34. The monoisotopic (exact) mass is 231 g/mol. The lowest BCUT2D eigenvalue weighted by atomic mass is 9.79. The average molecular weight is 231 g/mol. The first-order valence-corrected chi connectivity index (χ1v) is 5.63. The van der Waals surface area contributed by atoms with E-state index < -0.39 is 22.7 Å². The van der Waals surface area contributed by atoms with Crippen LogP contribution in [0, 0.1) is 10.8 Å². The van der Waals surface area contributed by atoms with E-state index in [4.69, 9.17) is 10.8 Å². The van der Waals surface area contributed by atoms with Gasteiger partial charge in [0.25, 0.3) is 0 Å². The molecule has 0 aliphatic heterocycles. The fraction of sp³-hybridized carbons (Fsp3) is 0.833. The van der Waals surface area contributed by atoms with Gasteiger partial charge in [-0.2, -0.15) is 0 Å². The molecule has 0 rings (SSSR count). The van der Waals surface area contributed by atoms with Crippen molar-refractivity contribution in [2.24, 2.45) is 16.6 Å². The van der Waals surface area contributed by atoms with Gasteiger partial charge in [-0.1, -0.05) is 27.7 Å². The SMILES string of the molecule is CC.CC(C)(CCC(C)(C)C(=O)O)C(N)=O. The number of hydrogen-bond acceptors (Lipinski definition) is 2. The first kappa shape index (κ1) is 17.3. The Kier molecular flexibility index (Phi) is 7.05. The van der Waals surface area contributed by atoms with E-state index in [1.807, 2.05) is 13.8 Å². The van der Waals surface area contributed by atoms with Crippen LogP contribution in [-0.4, -0.2) is 17.0 Å². The molecule has 0 bridgehead atoms. The predicted octanol–water partition coefficient (Wildman–Crippen LogP) is 2.42. The number of aliphatic carboxylic acids is 1. The zero-order valence-electron chi connectivity index (χ0n) is 11.3. The van der Waals surface area contributed by atoms with E-state index in [0.717, 1.165) is 0 Å². The molecule has 96 valence electrons. The molecule has 0 saturated carbocycles. The minimum absolute atomic E-state index is 0.390. The van der Waals surface area contributed by atoms with Crippen LogP contribution < -0.4 is 5.73 Å². The van der Waals surface area contributed by atoms with Crippen molar-refractivity contribution in [1.29, 1.82) is 0 Å². The molecule has 0 heterocycles. The van der Waals surface area contributed by atoms with E-state index in [2.05, 4.69) is 0 Å². The number of hydrogen-bond donors (Lipinski definition) is 2. The number of nitrogens with two attached hydrogens (primary N) is 1. The van der Waals surface area contributed by atoms with Gasteiger partial charge in [-0.25, -0.2) is 0 Å². The summed E-state index contributed by atoms with van der Waals surface area (Å²) in [6.07, 6.45) is 0.930. The Morgan fingerprint density at radius 2 is 1.31 bits per heavy atom. The number of rotatable bonds is 5. The van der Waals surface area contributed by atoms with Crippen LogP contribution in [0.1, 0.15) is 54.4 Å². The second-order valence-corrected chi connectivity index (χ2v) is 4.94. The predicted molar refractivity (Wildman–Crippen MR) is 65.0 cm³/mol. The Hall–Kier alpha value is -1.06. The molecule has 0 aromatic heterocycles. The molecule has 0 spiro atoms. The fourth-order valence-corrected chi connectivity index (χ4v) is 0.855. The zero-order valence-corrected chi connectivity index (χ0v) is 11.3. The maximum absolute atomic E-state index is 11.0. The summed E-state index contributed by atoms with van der Waals surface area (Å²) in [7, 11) is 0. The molecular weight excluding hydrogens is 206 g/mol. The van der Waals surface area contributed by atoms with Crippen molar-refractivity contribution in [3.05, 3.63) is 0 Å². The van der Waals surface area contributed by atoms with Crippen molar-refractivity contribution < 1.29 is 14.7 Å². The van der Waals surface area contributed by atoms with Gasteiger partial charge in [0.2, 0.25) is 5.91 Å². The van der Waals surface area contributed by atoms with Gasteiger partial charge in [-0.05, 0) is 26.7 Å². The highest BCUT2D eigenvalue weighted by Gasteiger charge is 2.32. The second-order valence-electron chi connectivity index (χ2n) is 4.94. The minimum Gasteiger partial charge on any atom is -0.481 e. The third kappa shape index (κ3) is 5.73. The molecular formula is C12H25NO3. The summed E-state index contributed by atoms with van der Waals surface area (Å²) in [4.78, 5) is 21.8. The minimum atomic E-state index is -0.849. The van der Waals surface area contributed by atoms with Gasteiger partial charge in [-0.3, -0.25) is 9.59 Å². The van der Waals surface area contributed by atoms with Gasteiger partial charge in [-0.15, -0.1) is 0 Å². The number of carbonyl (C=O) groups is 2. The summed E-state index contributed by atoms with van der Waals surface area (Å²) >= 11 is 0. The Morgan fingerprint density at radius 3 is 1.56 bits per heavy atom. The number of carboxylic acid groups (broad SMARTS) is 1. The zero-order chi connectivity index (χ0) is 13.6. The highest BCUT2D eigenvalue weighted by Crippen LogP contribution is 2.30. The highest BCUT2D eigenvalue weighted by molar-refractivity contribution is 5.80. The molecule has 0 unspecified atom stereocenters. The van der Waals surface area contributed by atoms with Crippen molar-refractivity contribution in [2.45, 2.75) is 54.4 Å². The number of carboxylic acids is 1. The Labute approximate surface area is 98.2 Å². The van der Waals surface area contributed by atoms with E-state index in [0.29, 0.717) is 12.8 Å². The topological polar surface area (TPSA) is 80.4 Å². The third-order valence-corrected chi connectivity index (χ3v) is 2.62. The van der Waals surface area contributed by atoms with Crippen LogP contribution in [0.2, 0.25) is 0 Å². The van der Waals surface area contributed by atoms with E-state index >= 15 is 0 Å². The molecule has 4 heteroatoms. The smallest absolute Gasteiger partial charge is 0.309 e. The molecule has 0 radical (unpaired) electrons. The van der Waals surface area contributed by atoms with Crippen LogP contribution in [-0.2, 0) is 9.59 Å². The molecule has 3 N–H and O–H groups in total. The molecule has 16 heavy (non-hydrogen) atoms. The summed E-state index contributed by atoms with van der Waals surface area (Å²) in [6, 6.07) is 0. The Balaban J connectivity index is 0. The molecule has 4 nitrogen and oxygen atoms in total. The van der Waals surface area contributed by atoms with Crippen LogP contribution >= 0.6 is 0 Å². The average Bonchev–Trinajstić information content (AvgIpc) is 2.18. The van der Waals surface area contributed by atoms with Crippen molar-refractivity contribution in [3.63, 3.8) is 0 Å². The largest absolute Gasteiger partial charge is 0.481 e. The van der Waals surface area contributed by atoms with Gasteiger partial charge in [0.1, 0.15) is 0 Å². The van der Waals surface area contributed by atoms with Gasteiger partial charge < -0.3 is 10.8 Å². The summed E-state index contributed by atoms with van der Waals surface area (Å²) < 4.78 is 0. The van der Waals surface area contributed by atoms with Gasteiger partial charge in [0, 0.05) is 5.41 Å². The van der Waals surface area contributed by atoms with Crippen LogP contribution in [0.3, 0.4) is 0 Å². The van der Waals surface area contributed by atoms with E-state index in [1.54, 1.807) is 27.7 Å². The van der Waals surface area contributed by atoms with Crippen molar-refractivity contribution in [2.75, 3.05) is 0 Å². The quantitative estimate of drug-likeness (QED) is 0.762. The number of carbonyl (C=O) groups excluding carboxylic acids is 1. The standard InChI is InChI=1S/C10H19NO3.C2H6/c1-9(2,7(11)12)5-6-10(3,4)8(13)14;1-2/h5-6H2,1-4H3,(H2,11,12)(H,13,14);1-2H3. The molecule has 0 aliphatic rings. The Bertz CT molecular complexity index is 219. The van der Waals surface area contributed by atoms with E-state index in [-0.39, 0.29) is 0 Å². The summed E-state index contributed by atoms with van der Waals surface area (Å²) in [6.45, 7) is 10.7.